The van der Waals surface area contributed by atoms with Crippen LogP contribution in [-0.2, 0) is 11.2 Å². The molecule has 2 amide bonds. The number of rotatable bonds is 20. The molecule has 0 bridgehead atoms. The van der Waals surface area contributed by atoms with Gasteiger partial charge < -0.3 is 41.1 Å². The van der Waals surface area contributed by atoms with Crippen LogP contribution >= 0.6 is 11.6 Å². The highest BCUT2D eigenvalue weighted by molar-refractivity contribution is 6.33. The smallest absolute Gasteiger partial charge is 0.255 e. The van der Waals surface area contributed by atoms with Gasteiger partial charge >= 0.3 is 0 Å². The number of anilines is 1. The van der Waals surface area contributed by atoms with Gasteiger partial charge in [0.2, 0.25) is 5.91 Å². The van der Waals surface area contributed by atoms with E-state index in [1.807, 2.05) is 0 Å². The SMILES string of the molecule is Nc1c(Cl)cc(C(=O)NCC2CCN(CC3CCN(CCCCCCCCC(=O)NCCCCC(O)CO)CC3)CC2)c2c1CCO2. The van der Waals surface area contributed by atoms with Crippen LogP contribution in [0.4, 0.5) is 5.69 Å². The topological polar surface area (TPSA) is 140 Å². The Morgan fingerprint density at radius 3 is 2.36 bits per heavy atom. The van der Waals surface area contributed by atoms with Crippen molar-refractivity contribution in [3.05, 3.63) is 22.2 Å². The van der Waals surface area contributed by atoms with Crippen molar-refractivity contribution in [1.29, 1.82) is 0 Å². The number of nitrogens with two attached hydrogens (primary N) is 1. The standard InChI is InChI=1S/C36H60ClN5O5/c37-32-23-31(35-30(34(32)38)15-22-47-35)36(46)40-24-27-11-20-42(21-12-27)25-28-13-18-41(19-14-28)17-8-4-2-1-3-5-10-33(45)39-16-7-6-9-29(44)26-43/h23,27-29,43-44H,1-22,24-26,38H2,(H,39,45)(H,40,46). The molecule has 2 saturated heterocycles. The lowest BCUT2D eigenvalue weighted by atomic mass is 9.92. The molecule has 3 aliphatic rings. The molecule has 0 aromatic heterocycles. The largest absolute Gasteiger partial charge is 0.492 e. The fraction of sp³-hybridized carbons (Fsp3) is 0.778. The first-order valence-corrected chi connectivity index (χ1v) is 18.7. The average molecular weight is 678 g/mol. The van der Waals surface area contributed by atoms with Crippen molar-refractivity contribution in [1.82, 2.24) is 20.4 Å². The first-order valence-electron chi connectivity index (χ1n) is 18.4. The van der Waals surface area contributed by atoms with Crippen LogP contribution in [-0.4, -0.2) is 104 Å². The van der Waals surface area contributed by atoms with Gasteiger partial charge in [-0.15, -0.1) is 0 Å². The van der Waals surface area contributed by atoms with E-state index >= 15 is 0 Å². The Labute approximate surface area is 287 Å². The van der Waals surface area contributed by atoms with E-state index in [1.165, 1.54) is 64.7 Å². The quantitative estimate of drug-likeness (QED) is 0.101. The number of hydrogen-bond acceptors (Lipinski definition) is 8. The van der Waals surface area contributed by atoms with Crippen LogP contribution in [0.1, 0.15) is 106 Å². The fourth-order valence-corrected chi connectivity index (χ4v) is 7.46. The summed E-state index contributed by atoms with van der Waals surface area (Å²) in [6, 6.07) is 1.64. The minimum Gasteiger partial charge on any atom is -0.492 e. The summed E-state index contributed by atoms with van der Waals surface area (Å²) < 4.78 is 5.71. The molecule has 1 aromatic rings. The maximum atomic E-state index is 13.0. The van der Waals surface area contributed by atoms with Crippen LogP contribution in [0.2, 0.25) is 5.02 Å². The monoisotopic (exact) mass is 677 g/mol. The highest BCUT2D eigenvalue weighted by Crippen LogP contribution is 2.38. The first kappa shape index (κ1) is 37.7. The van der Waals surface area contributed by atoms with Gasteiger partial charge in [0.25, 0.3) is 5.91 Å². The number of aliphatic hydroxyl groups excluding tert-OH is 2. The number of unbranched alkanes of at least 4 members (excludes halogenated alkanes) is 6. The minimum atomic E-state index is -0.639. The second-order valence-electron chi connectivity index (χ2n) is 14.0. The van der Waals surface area contributed by atoms with Gasteiger partial charge in [0.05, 0.1) is 35.6 Å². The van der Waals surface area contributed by atoms with Crippen LogP contribution < -0.4 is 21.1 Å². The summed E-state index contributed by atoms with van der Waals surface area (Å²) in [7, 11) is 0. The van der Waals surface area contributed by atoms with Gasteiger partial charge in [-0.05, 0) is 108 Å². The molecule has 1 atom stereocenters. The third kappa shape index (κ3) is 12.7. The number of halogens is 1. The molecular formula is C36H60ClN5O5. The van der Waals surface area contributed by atoms with Crippen molar-refractivity contribution in [2.75, 3.05) is 71.3 Å². The number of nitrogens with zero attached hydrogens (tertiary/aromatic N) is 2. The molecule has 4 rings (SSSR count). The van der Waals surface area contributed by atoms with Gasteiger partial charge in [0, 0.05) is 38.0 Å². The predicted octanol–water partition coefficient (Wildman–Crippen LogP) is 4.38. The molecular weight excluding hydrogens is 618 g/mol. The predicted molar refractivity (Wildman–Crippen MR) is 188 cm³/mol. The van der Waals surface area contributed by atoms with Crippen LogP contribution in [0.3, 0.4) is 0 Å². The van der Waals surface area contributed by atoms with Crippen molar-refractivity contribution in [3.8, 4) is 5.75 Å². The number of likely N-dealkylation sites (tertiary alicyclic amines) is 2. The van der Waals surface area contributed by atoms with Crippen LogP contribution in [0.15, 0.2) is 6.07 Å². The average Bonchev–Trinajstić information content (AvgIpc) is 3.58. The fourth-order valence-electron chi connectivity index (χ4n) is 7.24. The zero-order valence-electron chi connectivity index (χ0n) is 28.5. The molecule has 0 saturated carbocycles. The number of aliphatic hydroxyl groups is 2. The van der Waals surface area contributed by atoms with E-state index in [1.54, 1.807) is 6.07 Å². The summed E-state index contributed by atoms with van der Waals surface area (Å²) in [5.41, 5.74) is 7.96. The van der Waals surface area contributed by atoms with Gasteiger partial charge in [0.15, 0.2) is 0 Å². The Morgan fingerprint density at radius 2 is 1.62 bits per heavy atom. The molecule has 0 aliphatic carbocycles. The third-order valence-electron chi connectivity index (χ3n) is 10.3. The Morgan fingerprint density at radius 1 is 0.936 bits per heavy atom. The molecule has 266 valence electrons. The maximum Gasteiger partial charge on any atom is 0.255 e. The van der Waals surface area contributed by atoms with Gasteiger partial charge in [-0.1, -0.05) is 37.3 Å². The van der Waals surface area contributed by atoms with E-state index in [0.717, 1.165) is 63.1 Å². The molecule has 1 aromatic carbocycles. The molecule has 2 fully saturated rings. The highest BCUT2D eigenvalue weighted by Gasteiger charge is 2.27. The molecule has 1 unspecified atom stereocenters. The molecule has 3 aliphatic heterocycles. The molecule has 47 heavy (non-hydrogen) atoms. The van der Waals surface area contributed by atoms with Crippen LogP contribution in [0.25, 0.3) is 0 Å². The summed E-state index contributed by atoms with van der Waals surface area (Å²) in [5, 5.41) is 24.7. The van der Waals surface area contributed by atoms with Gasteiger partial charge in [-0.3, -0.25) is 9.59 Å². The van der Waals surface area contributed by atoms with Crippen molar-refractivity contribution in [3.63, 3.8) is 0 Å². The van der Waals surface area contributed by atoms with E-state index in [-0.39, 0.29) is 18.4 Å². The summed E-state index contributed by atoms with van der Waals surface area (Å²) in [4.78, 5) is 30.2. The highest BCUT2D eigenvalue weighted by atomic mass is 35.5. The van der Waals surface area contributed by atoms with E-state index < -0.39 is 6.10 Å². The second kappa shape index (κ2) is 20.4. The number of amides is 2. The van der Waals surface area contributed by atoms with Gasteiger partial charge in [0.1, 0.15) is 5.75 Å². The Balaban J connectivity index is 0.964. The zero-order valence-corrected chi connectivity index (χ0v) is 29.2. The summed E-state index contributed by atoms with van der Waals surface area (Å²) >= 11 is 6.29. The molecule has 0 spiro atoms. The molecule has 10 nitrogen and oxygen atoms in total. The number of fused-ring (bicyclic) bond motifs is 1. The Bertz CT molecular complexity index is 1110. The number of nitrogens with one attached hydrogen (secondary N) is 2. The lowest BCUT2D eigenvalue weighted by molar-refractivity contribution is -0.121. The van der Waals surface area contributed by atoms with Crippen molar-refractivity contribution in [2.45, 2.75) is 102 Å². The van der Waals surface area contributed by atoms with Crippen molar-refractivity contribution in [2.24, 2.45) is 11.8 Å². The number of nitrogen functional groups attached to an aromatic ring is 1. The Kier molecular flexibility index (Phi) is 16.4. The van der Waals surface area contributed by atoms with E-state index in [9.17, 15) is 14.7 Å². The maximum absolute atomic E-state index is 13.0. The number of ether oxygens (including phenoxy) is 1. The molecule has 0 radical (unpaired) electrons. The second-order valence-corrected chi connectivity index (χ2v) is 14.4. The molecule has 3 heterocycles. The normalized spacial score (nSPS) is 18.5. The number of carbonyl (C=O) groups excluding carboxylic acids is 2. The Hall–Kier alpha value is -2.11. The molecule has 11 heteroatoms. The van der Waals surface area contributed by atoms with Crippen LogP contribution in [0.5, 0.6) is 5.75 Å². The molecule has 6 N–H and O–H groups in total. The minimum absolute atomic E-state index is 0.127. The number of piperidine rings is 2. The summed E-state index contributed by atoms with van der Waals surface area (Å²) in [5.74, 6) is 1.88. The van der Waals surface area contributed by atoms with E-state index in [4.69, 9.17) is 27.2 Å². The number of benzene rings is 1. The van der Waals surface area contributed by atoms with E-state index in [0.29, 0.717) is 66.9 Å². The summed E-state index contributed by atoms with van der Waals surface area (Å²) in [6.07, 6.45) is 14.7. The number of hydrogen-bond donors (Lipinski definition) is 5. The lowest BCUT2D eigenvalue weighted by Crippen LogP contribution is -2.43. The first-order chi connectivity index (χ1) is 22.8. The van der Waals surface area contributed by atoms with Crippen LogP contribution in [0, 0.1) is 11.8 Å². The zero-order chi connectivity index (χ0) is 33.4. The van der Waals surface area contributed by atoms with Crippen molar-refractivity contribution < 1.29 is 24.5 Å². The lowest BCUT2D eigenvalue weighted by Gasteiger charge is -2.37. The third-order valence-corrected chi connectivity index (χ3v) is 10.6. The van der Waals surface area contributed by atoms with E-state index in [2.05, 4.69) is 20.4 Å². The van der Waals surface area contributed by atoms with Gasteiger partial charge in [-0.25, -0.2) is 0 Å². The van der Waals surface area contributed by atoms with Gasteiger partial charge in [-0.2, -0.15) is 0 Å². The van der Waals surface area contributed by atoms with Crippen molar-refractivity contribution >= 4 is 29.1 Å². The summed E-state index contributed by atoms with van der Waals surface area (Å²) in [6.45, 7) is 8.73. The number of carbonyl (C=O) groups is 2.